The van der Waals surface area contributed by atoms with Gasteiger partial charge in [-0.3, -0.25) is 0 Å². The van der Waals surface area contributed by atoms with Gasteiger partial charge in [-0.15, -0.1) is 23.2 Å². The number of alkyl halides is 2. The summed E-state index contributed by atoms with van der Waals surface area (Å²) in [5, 5.41) is 7.53. The minimum absolute atomic E-state index is 0.0826. The molecule has 0 aliphatic heterocycles. The predicted octanol–water partition coefficient (Wildman–Crippen LogP) is 7.58. The Bertz CT molecular complexity index is 800. The number of hydrogen-bond donors (Lipinski definition) is 0. The molecule has 2 nitrogen and oxygen atoms in total. The van der Waals surface area contributed by atoms with E-state index in [1.54, 1.807) is 6.07 Å². The van der Waals surface area contributed by atoms with Crippen molar-refractivity contribution in [1.82, 2.24) is 4.90 Å². The van der Waals surface area contributed by atoms with E-state index in [4.69, 9.17) is 28.5 Å². The molecule has 0 spiro atoms. The topological polar surface area (TPSA) is 27.0 Å². The summed E-state index contributed by atoms with van der Waals surface area (Å²) in [6, 6.07) is 22.4. The maximum Gasteiger partial charge on any atom is 0.0587 e. The lowest BCUT2D eigenvalue weighted by molar-refractivity contribution is 0.183. The lowest BCUT2D eigenvalue weighted by Crippen LogP contribution is -2.37. The molecule has 0 saturated heterocycles. The molecule has 1 aliphatic rings. The SMILES string of the molecule is CC#N.CCCN(CCc1ccccc1)C(CC)CCc1ccc(C2CC(Cl)C2Cl)cc1. The van der Waals surface area contributed by atoms with E-state index in [0.717, 1.165) is 25.8 Å². The van der Waals surface area contributed by atoms with E-state index in [0.29, 0.717) is 12.0 Å². The van der Waals surface area contributed by atoms with Crippen LogP contribution in [0.1, 0.15) is 69.1 Å². The number of nitrogens with zero attached hydrogens (tertiary/aromatic N) is 2. The van der Waals surface area contributed by atoms with Gasteiger partial charge in [0.2, 0.25) is 0 Å². The summed E-state index contributed by atoms with van der Waals surface area (Å²) in [4.78, 5) is 2.70. The van der Waals surface area contributed by atoms with Gasteiger partial charge in [0.1, 0.15) is 0 Å². The molecule has 3 rings (SSSR count). The number of benzene rings is 2. The molecule has 0 radical (unpaired) electrons. The number of aryl methyl sites for hydroxylation is 1. The molecule has 4 heteroatoms. The van der Waals surface area contributed by atoms with Gasteiger partial charge in [-0.05, 0) is 61.8 Å². The van der Waals surface area contributed by atoms with E-state index >= 15 is 0 Å². The first-order valence-corrected chi connectivity index (χ1v) is 12.9. The van der Waals surface area contributed by atoms with Crippen LogP contribution in [-0.2, 0) is 12.8 Å². The van der Waals surface area contributed by atoms with Gasteiger partial charge in [0.05, 0.1) is 16.8 Å². The summed E-state index contributed by atoms with van der Waals surface area (Å²) in [7, 11) is 0. The Balaban J connectivity index is 0.00000114. The zero-order valence-corrected chi connectivity index (χ0v) is 21.3. The summed E-state index contributed by atoms with van der Waals surface area (Å²) in [6.07, 6.45) is 6.91. The molecule has 1 fully saturated rings. The van der Waals surface area contributed by atoms with Crippen molar-refractivity contribution in [2.75, 3.05) is 13.1 Å². The summed E-state index contributed by atoms with van der Waals surface area (Å²) in [5.41, 5.74) is 4.21. The Morgan fingerprint density at radius 1 is 0.969 bits per heavy atom. The monoisotopic (exact) mass is 472 g/mol. The summed E-state index contributed by atoms with van der Waals surface area (Å²) in [6.45, 7) is 8.38. The lowest BCUT2D eigenvalue weighted by Gasteiger charge is -2.37. The van der Waals surface area contributed by atoms with E-state index < -0.39 is 0 Å². The third kappa shape index (κ3) is 8.11. The molecule has 4 atom stereocenters. The highest BCUT2D eigenvalue weighted by Crippen LogP contribution is 2.44. The molecule has 174 valence electrons. The first kappa shape index (κ1) is 26.7. The van der Waals surface area contributed by atoms with Crippen molar-refractivity contribution in [2.45, 2.75) is 82.0 Å². The zero-order chi connectivity index (χ0) is 23.3. The zero-order valence-electron chi connectivity index (χ0n) is 19.8. The molecule has 1 saturated carbocycles. The largest absolute Gasteiger partial charge is 0.300 e. The second kappa shape index (κ2) is 14.6. The highest BCUT2D eigenvalue weighted by atomic mass is 35.5. The molecule has 1 aliphatic carbocycles. The first-order chi connectivity index (χ1) is 15.5. The average molecular weight is 474 g/mol. The van der Waals surface area contributed by atoms with Crippen LogP contribution >= 0.6 is 23.2 Å². The van der Waals surface area contributed by atoms with Crippen LogP contribution in [0.4, 0.5) is 0 Å². The van der Waals surface area contributed by atoms with Gasteiger partial charge < -0.3 is 4.90 Å². The van der Waals surface area contributed by atoms with Crippen molar-refractivity contribution in [1.29, 1.82) is 5.26 Å². The fraction of sp³-hybridized carbons (Fsp3) is 0.536. The van der Waals surface area contributed by atoms with E-state index in [1.807, 2.05) is 0 Å². The van der Waals surface area contributed by atoms with Gasteiger partial charge in [-0.2, -0.15) is 5.26 Å². The third-order valence-electron chi connectivity index (χ3n) is 6.41. The van der Waals surface area contributed by atoms with Crippen LogP contribution in [0, 0.1) is 11.3 Å². The van der Waals surface area contributed by atoms with Crippen molar-refractivity contribution >= 4 is 23.2 Å². The van der Waals surface area contributed by atoms with E-state index in [9.17, 15) is 0 Å². The second-order valence-electron chi connectivity index (χ2n) is 8.64. The minimum atomic E-state index is 0.0826. The van der Waals surface area contributed by atoms with Gasteiger partial charge in [0.15, 0.2) is 0 Å². The fourth-order valence-electron chi connectivity index (χ4n) is 4.47. The number of nitriles is 1. The van der Waals surface area contributed by atoms with Crippen molar-refractivity contribution < 1.29 is 0 Å². The highest BCUT2D eigenvalue weighted by molar-refractivity contribution is 6.31. The molecule has 32 heavy (non-hydrogen) atoms. The third-order valence-corrected chi connectivity index (χ3v) is 7.60. The first-order valence-electron chi connectivity index (χ1n) is 12.0. The van der Waals surface area contributed by atoms with Gasteiger partial charge in [-0.25, -0.2) is 0 Å². The standard InChI is InChI=1S/C26H35Cl2N.C2H3N/c1-3-17-29(18-16-20-8-6-5-7-9-20)23(4-2)15-12-21-10-13-22(14-11-21)24-19-25(27)26(24)28;1-2-3/h5-11,13-14,23-26H,3-4,12,15-19H2,1-2H3;1H3. The van der Waals surface area contributed by atoms with Crippen molar-refractivity contribution in [3.05, 3.63) is 71.3 Å². The Labute approximate surface area is 205 Å². The minimum Gasteiger partial charge on any atom is -0.300 e. The summed E-state index contributed by atoms with van der Waals surface area (Å²) >= 11 is 12.5. The number of hydrogen-bond acceptors (Lipinski definition) is 2. The predicted molar refractivity (Wildman–Crippen MR) is 139 cm³/mol. The molecule has 2 aromatic rings. The normalized spacial score (nSPS) is 20.6. The van der Waals surface area contributed by atoms with Crippen LogP contribution in [0.2, 0.25) is 0 Å². The van der Waals surface area contributed by atoms with Crippen LogP contribution in [0.5, 0.6) is 0 Å². The summed E-state index contributed by atoms with van der Waals surface area (Å²) in [5.74, 6) is 0.426. The molecular weight excluding hydrogens is 435 g/mol. The van der Waals surface area contributed by atoms with E-state index in [2.05, 4.69) is 73.3 Å². The van der Waals surface area contributed by atoms with Crippen molar-refractivity contribution in [3.63, 3.8) is 0 Å². The lowest BCUT2D eigenvalue weighted by atomic mass is 9.78. The van der Waals surface area contributed by atoms with Crippen LogP contribution in [-0.4, -0.2) is 34.8 Å². The Kier molecular flexibility index (Phi) is 12.2. The Hall–Kier alpha value is -1.53. The van der Waals surface area contributed by atoms with Crippen LogP contribution in [0.25, 0.3) is 0 Å². The molecule has 2 aromatic carbocycles. The maximum atomic E-state index is 7.32. The number of rotatable bonds is 11. The fourth-order valence-corrected chi connectivity index (χ4v) is 5.19. The maximum absolute atomic E-state index is 7.32. The molecule has 0 bridgehead atoms. The molecule has 0 heterocycles. The van der Waals surface area contributed by atoms with Gasteiger partial charge in [-0.1, -0.05) is 68.4 Å². The van der Waals surface area contributed by atoms with Crippen LogP contribution < -0.4 is 0 Å². The van der Waals surface area contributed by atoms with E-state index in [1.165, 1.54) is 49.4 Å². The summed E-state index contributed by atoms with van der Waals surface area (Å²) < 4.78 is 0. The molecule has 4 unspecified atom stereocenters. The van der Waals surface area contributed by atoms with Gasteiger partial charge in [0.25, 0.3) is 0 Å². The second-order valence-corrected chi connectivity index (χ2v) is 9.70. The van der Waals surface area contributed by atoms with Crippen LogP contribution in [0.15, 0.2) is 54.6 Å². The van der Waals surface area contributed by atoms with Crippen molar-refractivity contribution in [2.24, 2.45) is 0 Å². The molecular formula is C28H38Cl2N2. The Morgan fingerprint density at radius 2 is 1.59 bits per heavy atom. The molecule has 0 aromatic heterocycles. The highest BCUT2D eigenvalue weighted by Gasteiger charge is 2.39. The average Bonchev–Trinajstić information content (AvgIpc) is 2.82. The quantitative estimate of drug-likeness (QED) is 0.315. The van der Waals surface area contributed by atoms with Crippen LogP contribution in [0.3, 0.4) is 0 Å². The molecule has 0 N–H and O–H groups in total. The smallest absolute Gasteiger partial charge is 0.0587 e. The van der Waals surface area contributed by atoms with Crippen molar-refractivity contribution in [3.8, 4) is 6.07 Å². The van der Waals surface area contributed by atoms with E-state index in [-0.39, 0.29) is 10.8 Å². The number of halogens is 2. The molecule has 0 amide bonds. The Morgan fingerprint density at radius 3 is 2.12 bits per heavy atom. The van der Waals surface area contributed by atoms with Gasteiger partial charge >= 0.3 is 0 Å². The van der Waals surface area contributed by atoms with Gasteiger partial charge in [0, 0.05) is 25.4 Å².